The molecule has 0 amide bonds. The number of esters is 1. The zero-order valence-corrected chi connectivity index (χ0v) is 12.0. The van der Waals surface area contributed by atoms with Gasteiger partial charge in [-0.3, -0.25) is 0 Å². The average molecular weight is 282 g/mol. The van der Waals surface area contributed by atoms with Gasteiger partial charge in [0, 0.05) is 24.5 Å². The first-order valence-electron chi connectivity index (χ1n) is 7.07. The molecule has 108 valence electrons. The fourth-order valence-electron chi connectivity index (χ4n) is 2.64. The van der Waals surface area contributed by atoms with Crippen molar-refractivity contribution in [3.63, 3.8) is 0 Å². The number of nitrogen functional groups attached to an aromatic ring is 1. The lowest BCUT2D eigenvalue weighted by molar-refractivity contribution is 0.0527. The number of fused-ring (bicyclic) bond motifs is 1. The summed E-state index contributed by atoms with van der Waals surface area (Å²) in [6.07, 6.45) is 0. The van der Waals surface area contributed by atoms with Crippen LogP contribution in [-0.2, 0) is 17.8 Å². The third-order valence-corrected chi connectivity index (χ3v) is 3.74. The third kappa shape index (κ3) is 2.57. The van der Waals surface area contributed by atoms with E-state index in [1.165, 1.54) is 11.1 Å². The Hall–Kier alpha value is -2.49. The Morgan fingerprint density at radius 2 is 1.86 bits per heavy atom. The van der Waals surface area contributed by atoms with Gasteiger partial charge >= 0.3 is 5.97 Å². The molecule has 3 rings (SSSR count). The predicted molar refractivity (Wildman–Crippen MR) is 83.1 cm³/mol. The summed E-state index contributed by atoms with van der Waals surface area (Å²) < 4.78 is 5.05. The minimum Gasteiger partial charge on any atom is -0.462 e. The molecule has 1 aliphatic heterocycles. The van der Waals surface area contributed by atoms with Gasteiger partial charge in [0.25, 0.3) is 0 Å². The molecule has 2 aromatic carbocycles. The highest BCUT2D eigenvalue weighted by molar-refractivity contribution is 5.96. The van der Waals surface area contributed by atoms with E-state index in [1.807, 2.05) is 12.1 Å². The largest absolute Gasteiger partial charge is 0.462 e. The number of nitrogens with zero attached hydrogens (tertiary/aromatic N) is 1. The maximum absolute atomic E-state index is 11.9. The number of carbonyl (C=O) groups excluding carboxylic acids is 1. The molecule has 0 bridgehead atoms. The molecule has 0 aromatic heterocycles. The minimum atomic E-state index is -0.367. The molecule has 0 atom stereocenters. The Kier molecular flexibility index (Phi) is 3.52. The Balaban J connectivity index is 1.88. The van der Waals surface area contributed by atoms with E-state index >= 15 is 0 Å². The first-order chi connectivity index (χ1) is 10.2. The Morgan fingerprint density at radius 1 is 1.19 bits per heavy atom. The molecule has 4 nitrogen and oxygen atoms in total. The molecular weight excluding hydrogens is 264 g/mol. The van der Waals surface area contributed by atoms with E-state index in [0.717, 1.165) is 18.8 Å². The summed E-state index contributed by atoms with van der Waals surface area (Å²) in [6.45, 7) is 3.83. The van der Waals surface area contributed by atoms with Crippen LogP contribution in [-0.4, -0.2) is 12.6 Å². The van der Waals surface area contributed by atoms with E-state index in [2.05, 4.69) is 29.2 Å². The first-order valence-corrected chi connectivity index (χ1v) is 7.07. The fraction of sp³-hybridized carbons (Fsp3) is 0.235. The lowest BCUT2D eigenvalue weighted by Crippen LogP contribution is -2.16. The highest BCUT2D eigenvalue weighted by Crippen LogP contribution is 2.30. The Bertz CT molecular complexity index is 657. The van der Waals surface area contributed by atoms with Crippen LogP contribution >= 0.6 is 0 Å². The quantitative estimate of drug-likeness (QED) is 0.694. The van der Waals surface area contributed by atoms with E-state index in [0.29, 0.717) is 17.9 Å². The van der Waals surface area contributed by atoms with Gasteiger partial charge in [0.05, 0.1) is 12.2 Å². The van der Waals surface area contributed by atoms with Crippen LogP contribution < -0.4 is 10.6 Å². The van der Waals surface area contributed by atoms with Gasteiger partial charge in [0.2, 0.25) is 0 Å². The molecule has 0 aliphatic carbocycles. The van der Waals surface area contributed by atoms with Gasteiger partial charge in [-0.1, -0.05) is 24.3 Å². The number of carbonyl (C=O) groups is 1. The highest BCUT2D eigenvalue weighted by atomic mass is 16.5. The maximum atomic E-state index is 11.9. The van der Waals surface area contributed by atoms with Crippen LogP contribution in [0.15, 0.2) is 42.5 Å². The van der Waals surface area contributed by atoms with Crippen molar-refractivity contribution >= 4 is 17.3 Å². The molecule has 4 heteroatoms. The molecule has 1 heterocycles. The molecule has 0 saturated carbocycles. The van der Waals surface area contributed by atoms with Crippen molar-refractivity contribution in [1.29, 1.82) is 0 Å². The van der Waals surface area contributed by atoms with Gasteiger partial charge < -0.3 is 15.4 Å². The van der Waals surface area contributed by atoms with Crippen molar-refractivity contribution in [2.24, 2.45) is 0 Å². The van der Waals surface area contributed by atoms with E-state index < -0.39 is 0 Å². The van der Waals surface area contributed by atoms with Crippen LogP contribution in [0.1, 0.15) is 28.4 Å². The topological polar surface area (TPSA) is 55.6 Å². The minimum absolute atomic E-state index is 0.345. The van der Waals surface area contributed by atoms with E-state index in [9.17, 15) is 4.79 Å². The zero-order valence-electron chi connectivity index (χ0n) is 12.0. The van der Waals surface area contributed by atoms with Crippen LogP contribution in [0.25, 0.3) is 0 Å². The number of hydrogen-bond acceptors (Lipinski definition) is 4. The summed E-state index contributed by atoms with van der Waals surface area (Å²) in [4.78, 5) is 14.2. The molecule has 0 radical (unpaired) electrons. The Labute approximate surface area is 124 Å². The second-order valence-electron chi connectivity index (χ2n) is 5.12. The molecule has 0 unspecified atom stereocenters. The fourth-order valence-corrected chi connectivity index (χ4v) is 2.64. The second-order valence-corrected chi connectivity index (χ2v) is 5.12. The van der Waals surface area contributed by atoms with Crippen molar-refractivity contribution < 1.29 is 9.53 Å². The van der Waals surface area contributed by atoms with Crippen LogP contribution in [0.5, 0.6) is 0 Å². The highest BCUT2D eigenvalue weighted by Gasteiger charge is 2.20. The number of benzene rings is 2. The van der Waals surface area contributed by atoms with Gasteiger partial charge in [-0.25, -0.2) is 4.79 Å². The van der Waals surface area contributed by atoms with Crippen LogP contribution in [0.3, 0.4) is 0 Å². The van der Waals surface area contributed by atoms with Crippen molar-refractivity contribution in [3.05, 3.63) is 59.2 Å². The van der Waals surface area contributed by atoms with Gasteiger partial charge in [0.15, 0.2) is 0 Å². The average Bonchev–Trinajstić information content (AvgIpc) is 2.91. The molecule has 2 N–H and O–H groups in total. The van der Waals surface area contributed by atoms with Crippen LogP contribution in [0.2, 0.25) is 0 Å². The molecule has 0 fully saturated rings. The van der Waals surface area contributed by atoms with E-state index in [1.54, 1.807) is 13.0 Å². The monoisotopic (exact) mass is 282 g/mol. The van der Waals surface area contributed by atoms with Crippen molar-refractivity contribution in [2.75, 3.05) is 17.2 Å². The van der Waals surface area contributed by atoms with Crippen molar-refractivity contribution in [3.8, 4) is 0 Å². The normalized spacial score (nSPS) is 13.1. The SMILES string of the molecule is CCOC(=O)c1cc(N2Cc3ccccc3C2)ccc1N. The van der Waals surface area contributed by atoms with E-state index in [-0.39, 0.29) is 5.97 Å². The number of rotatable bonds is 3. The number of hydrogen-bond donors (Lipinski definition) is 1. The standard InChI is InChI=1S/C17H18N2O2/c1-2-21-17(20)15-9-14(7-8-16(15)18)19-10-12-5-3-4-6-13(12)11-19/h3-9H,2,10-11,18H2,1H3. The van der Waals surface area contributed by atoms with Gasteiger partial charge in [0.1, 0.15) is 0 Å². The molecule has 21 heavy (non-hydrogen) atoms. The lowest BCUT2D eigenvalue weighted by atomic mass is 10.1. The summed E-state index contributed by atoms with van der Waals surface area (Å²) >= 11 is 0. The van der Waals surface area contributed by atoms with Gasteiger partial charge in [-0.05, 0) is 36.2 Å². The molecule has 0 saturated heterocycles. The van der Waals surface area contributed by atoms with Gasteiger partial charge in [-0.2, -0.15) is 0 Å². The summed E-state index contributed by atoms with van der Waals surface area (Å²) in [5.41, 5.74) is 10.4. The predicted octanol–water partition coefficient (Wildman–Crippen LogP) is 2.97. The van der Waals surface area contributed by atoms with Crippen molar-refractivity contribution in [1.82, 2.24) is 0 Å². The molecule has 2 aromatic rings. The summed E-state index contributed by atoms with van der Waals surface area (Å²) in [5, 5.41) is 0. The number of ether oxygens (including phenoxy) is 1. The first kappa shape index (κ1) is 13.5. The lowest BCUT2D eigenvalue weighted by Gasteiger charge is -2.19. The number of nitrogens with two attached hydrogens (primary N) is 1. The van der Waals surface area contributed by atoms with Crippen molar-refractivity contribution in [2.45, 2.75) is 20.0 Å². The molecular formula is C17H18N2O2. The van der Waals surface area contributed by atoms with Crippen LogP contribution in [0.4, 0.5) is 11.4 Å². The third-order valence-electron chi connectivity index (χ3n) is 3.74. The maximum Gasteiger partial charge on any atom is 0.340 e. The van der Waals surface area contributed by atoms with Crippen LogP contribution in [0, 0.1) is 0 Å². The molecule has 0 spiro atoms. The summed E-state index contributed by atoms with van der Waals surface area (Å²) in [6, 6.07) is 13.9. The number of anilines is 2. The van der Waals surface area contributed by atoms with E-state index in [4.69, 9.17) is 10.5 Å². The summed E-state index contributed by atoms with van der Waals surface area (Å²) in [7, 11) is 0. The molecule has 1 aliphatic rings. The van der Waals surface area contributed by atoms with Gasteiger partial charge in [-0.15, -0.1) is 0 Å². The second kappa shape index (κ2) is 5.48. The summed E-state index contributed by atoms with van der Waals surface area (Å²) in [5.74, 6) is -0.367. The zero-order chi connectivity index (χ0) is 14.8. The smallest absolute Gasteiger partial charge is 0.340 e. The Morgan fingerprint density at radius 3 is 2.48 bits per heavy atom.